The van der Waals surface area contributed by atoms with Crippen LogP contribution < -0.4 is 0 Å². The molecule has 2 aliphatic rings. The lowest BCUT2D eigenvalue weighted by Crippen LogP contribution is -2.45. The van der Waals surface area contributed by atoms with Gasteiger partial charge in [-0.1, -0.05) is 24.3 Å². The van der Waals surface area contributed by atoms with Crippen molar-refractivity contribution >= 4 is 15.9 Å². The van der Waals surface area contributed by atoms with Crippen LogP contribution >= 0.6 is 0 Å². The lowest BCUT2D eigenvalue weighted by molar-refractivity contribution is -0.136. The number of halogens is 1. The van der Waals surface area contributed by atoms with Gasteiger partial charge in [0.1, 0.15) is 5.82 Å². The number of benzene rings is 2. The number of aryl methyl sites for hydroxylation is 1. The quantitative estimate of drug-likeness (QED) is 0.669. The maximum absolute atomic E-state index is 13.2. The molecule has 1 amide bonds. The summed E-state index contributed by atoms with van der Waals surface area (Å²) in [7, 11) is -3.66. The highest BCUT2D eigenvalue weighted by molar-refractivity contribution is 7.89. The SMILES string of the molecule is Cc1ccccc1CN1CCCN(C(=O)C2CCN(S(=O)(=O)c3ccc(F)cc3)CC2)CC1. The zero-order chi connectivity index (χ0) is 23.4. The summed E-state index contributed by atoms with van der Waals surface area (Å²) in [5.74, 6) is -0.465. The number of carbonyl (C=O) groups is 1. The monoisotopic (exact) mass is 473 g/mol. The first-order valence-corrected chi connectivity index (χ1v) is 13.1. The minimum atomic E-state index is -3.66. The van der Waals surface area contributed by atoms with Crippen molar-refractivity contribution in [2.24, 2.45) is 5.92 Å². The highest BCUT2D eigenvalue weighted by Gasteiger charge is 2.34. The summed E-state index contributed by atoms with van der Waals surface area (Å²) < 4.78 is 40.2. The van der Waals surface area contributed by atoms with Crippen molar-refractivity contribution in [2.45, 2.75) is 37.6 Å². The Morgan fingerprint density at radius 2 is 1.64 bits per heavy atom. The van der Waals surface area contributed by atoms with Crippen LogP contribution in [-0.4, -0.2) is 67.7 Å². The molecule has 2 heterocycles. The predicted molar refractivity (Wildman–Crippen MR) is 126 cm³/mol. The standard InChI is InChI=1S/C25H32FN3O3S/c1-20-5-2-3-6-22(20)19-27-13-4-14-28(18-17-27)25(30)21-11-15-29(16-12-21)33(31,32)24-9-7-23(26)8-10-24/h2-3,5-10,21H,4,11-19H2,1H3. The van der Waals surface area contributed by atoms with E-state index < -0.39 is 15.8 Å². The minimum absolute atomic E-state index is 0.0925. The third kappa shape index (κ3) is 5.62. The summed E-state index contributed by atoms with van der Waals surface area (Å²) in [6.07, 6.45) is 1.97. The second-order valence-electron chi connectivity index (χ2n) is 9.01. The maximum Gasteiger partial charge on any atom is 0.243 e. The zero-order valence-electron chi connectivity index (χ0n) is 19.1. The Bertz CT molecular complexity index is 1070. The molecular formula is C25H32FN3O3S. The lowest BCUT2D eigenvalue weighted by atomic mass is 9.96. The van der Waals surface area contributed by atoms with Gasteiger partial charge in [0, 0.05) is 51.7 Å². The van der Waals surface area contributed by atoms with Crippen LogP contribution in [0.5, 0.6) is 0 Å². The topological polar surface area (TPSA) is 60.9 Å². The first-order chi connectivity index (χ1) is 15.8. The van der Waals surface area contributed by atoms with Crippen molar-refractivity contribution in [3.05, 3.63) is 65.5 Å². The number of nitrogens with zero attached hydrogens (tertiary/aromatic N) is 3. The van der Waals surface area contributed by atoms with Crippen LogP contribution in [0.15, 0.2) is 53.4 Å². The molecule has 33 heavy (non-hydrogen) atoms. The summed E-state index contributed by atoms with van der Waals surface area (Å²) in [6, 6.07) is 13.3. The largest absolute Gasteiger partial charge is 0.341 e. The Morgan fingerprint density at radius 3 is 2.33 bits per heavy atom. The van der Waals surface area contributed by atoms with E-state index in [4.69, 9.17) is 0 Å². The van der Waals surface area contributed by atoms with Gasteiger partial charge in [-0.25, -0.2) is 12.8 Å². The van der Waals surface area contributed by atoms with Gasteiger partial charge in [-0.15, -0.1) is 0 Å². The van der Waals surface area contributed by atoms with Gasteiger partial charge >= 0.3 is 0 Å². The summed E-state index contributed by atoms with van der Waals surface area (Å²) in [5.41, 5.74) is 2.61. The zero-order valence-corrected chi connectivity index (χ0v) is 19.9. The molecule has 0 unspecified atom stereocenters. The fraction of sp³-hybridized carbons (Fsp3) is 0.480. The molecule has 2 aromatic carbocycles. The Kier molecular flexibility index (Phi) is 7.46. The van der Waals surface area contributed by atoms with Gasteiger partial charge in [-0.05, 0) is 61.6 Å². The van der Waals surface area contributed by atoms with Crippen LogP contribution in [0.3, 0.4) is 0 Å². The number of piperidine rings is 1. The van der Waals surface area contributed by atoms with E-state index in [9.17, 15) is 17.6 Å². The molecule has 0 aliphatic carbocycles. The summed E-state index contributed by atoms with van der Waals surface area (Å²) >= 11 is 0. The number of hydrogen-bond donors (Lipinski definition) is 0. The number of sulfonamides is 1. The Labute approximate surface area is 196 Å². The van der Waals surface area contributed by atoms with E-state index in [1.54, 1.807) is 0 Å². The average Bonchev–Trinajstić information content (AvgIpc) is 3.06. The minimum Gasteiger partial charge on any atom is -0.341 e. The van der Waals surface area contributed by atoms with E-state index in [1.165, 1.54) is 27.6 Å². The molecule has 0 N–H and O–H groups in total. The van der Waals surface area contributed by atoms with Crippen molar-refractivity contribution in [1.29, 1.82) is 0 Å². The highest BCUT2D eigenvalue weighted by atomic mass is 32.2. The summed E-state index contributed by atoms with van der Waals surface area (Å²) in [5, 5.41) is 0. The van der Waals surface area contributed by atoms with Crippen LogP contribution in [0.1, 0.15) is 30.4 Å². The second-order valence-corrected chi connectivity index (χ2v) is 11.0. The highest BCUT2D eigenvalue weighted by Crippen LogP contribution is 2.26. The van der Waals surface area contributed by atoms with E-state index in [1.807, 2.05) is 4.90 Å². The predicted octanol–water partition coefficient (Wildman–Crippen LogP) is 3.27. The molecule has 0 bridgehead atoms. The number of carbonyl (C=O) groups excluding carboxylic acids is 1. The molecule has 2 fully saturated rings. The Balaban J connectivity index is 1.30. The molecular weight excluding hydrogens is 441 g/mol. The average molecular weight is 474 g/mol. The molecule has 2 saturated heterocycles. The molecule has 0 aromatic heterocycles. The van der Waals surface area contributed by atoms with Crippen LogP contribution in [0.4, 0.5) is 4.39 Å². The fourth-order valence-electron chi connectivity index (χ4n) is 4.73. The molecule has 0 spiro atoms. The van der Waals surface area contributed by atoms with Gasteiger partial charge in [-0.3, -0.25) is 9.69 Å². The van der Waals surface area contributed by atoms with Crippen molar-refractivity contribution < 1.29 is 17.6 Å². The molecule has 8 heteroatoms. The number of hydrogen-bond acceptors (Lipinski definition) is 4. The first kappa shape index (κ1) is 23.9. The van der Waals surface area contributed by atoms with E-state index in [0.717, 1.165) is 44.7 Å². The molecule has 2 aromatic rings. The van der Waals surface area contributed by atoms with E-state index in [2.05, 4.69) is 36.1 Å². The molecule has 2 aliphatic heterocycles. The smallest absolute Gasteiger partial charge is 0.243 e. The van der Waals surface area contributed by atoms with Crippen molar-refractivity contribution in [1.82, 2.24) is 14.1 Å². The third-order valence-corrected chi connectivity index (χ3v) is 8.72. The molecule has 4 rings (SSSR count). The normalized spacial score (nSPS) is 19.4. The van der Waals surface area contributed by atoms with Crippen LogP contribution in [0, 0.1) is 18.7 Å². The fourth-order valence-corrected chi connectivity index (χ4v) is 6.20. The summed E-state index contributed by atoms with van der Waals surface area (Å²) in [4.78, 5) is 17.7. The molecule has 178 valence electrons. The Hall–Kier alpha value is -2.29. The molecule has 0 radical (unpaired) electrons. The number of rotatable bonds is 5. The van der Waals surface area contributed by atoms with Crippen LogP contribution in [-0.2, 0) is 21.4 Å². The van der Waals surface area contributed by atoms with Gasteiger partial charge in [0.15, 0.2) is 0 Å². The molecule has 0 atom stereocenters. The summed E-state index contributed by atoms with van der Waals surface area (Å²) in [6.45, 7) is 6.91. The van der Waals surface area contributed by atoms with Crippen molar-refractivity contribution in [2.75, 3.05) is 39.3 Å². The van der Waals surface area contributed by atoms with E-state index in [0.29, 0.717) is 32.5 Å². The third-order valence-electron chi connectivity index (χ3n) is 6.81. The maximum atomic E-state index is 13.2. The van der Waals surface area contributed by atoms with Gasteiger partial charge in [-0.2, -0.15) is 4.31 Å². The second kappa shape index (κ2) is 10.3. The van der Waals surface area contributed by atoms with E-state index in [-0.39, 0.29) is 16.7 Å². The van der Waals surface area contributed by atoms with Gasteiger partial charge in [0.05, 0.1) is 4.90 Å². The lowest BCUT2D eigenvalue weighted by Gasteiger charge is -2.33. The van der Waals surface area contributed by atoms with Gasteiger partial charge < -0.3 is 4.90 Å². The van der Waals surface area contributed by atoms with Crippen LogP contribution in [0.2, 0.25) is 0 Å². The Morgan fingerprint density at radius 1 is 0.939 bits per heavy atom. The van der Waals surface area contributed by atoms with Crippen molar-refractivity contribution in [3.63, 3.8) is 0 Å². The van der Waals surface area contributed by atoms with Crippen LogP contribution in [0.25, 0.3) is 0 Å². The van der Waals surface area contributed by atoms with Gasteiger partial charge in [0.25, 0.3) is 0 Å². The van der Waals surface area contributed by atoms with Crippen molar-refractivity contribution in [3.8, 4) is 0 Å². The van der Waals surface area contributed by atoms with E-state index >= 15 is 0 Å². The number of amides is 1. The molecule has 0 saturated carbocycles. The first-order valence-electron chi connectivity index (χ1n) is 11.7. The van der Waals surface area contributed by atoms with Gasteiger partial charge in [0.2, 0.25) is 15.9 Å². The molecule has 6 nitrogen and oxygen atoms in total.